The summed E-state index contributed by atoms with van der Waals surface area (Å²) in [7, 11) is 0.816. The molecule has 0 atom stereocenters. The summed E-state index contributed by atoms with van der Waals surface area (Å²) in [4.78, 5) is 4.61. The van der Waals surface area contributed by atoms with Crippen molar-refractivity contribution in [3.63, 3.8) is 0 Å². The SMILES string of the molecule is CCCCc1ccc(N(c2ccc(BOC(C)(C)C(C)(C)O)cc2)c2ccc(-c3ccc(N(c4ccc(BOC(C)(C)C(C)(C)O)cc4)c4ccc(CCCC)cc4)cc3)cc2)cc1. The first-order chi connectivity index (χ1) is 30.4. The third kappa shape index (κ3) is 12.2. The molecule has 0 unspecified atom stereocenters. The van der Waals surface area contributed by atoms with Gasteiger partial charge in [0.2, 0.25) is 0 Å². The lowest BCUT2D eigenvalue weighted by molar-refractivity contribution is -0.0893. The molecular formula is C56H70B2N2O4. The van der Waals surface area contributed by atoms with Crippen molar-refractivity contribution in [2.75, 3.05) is 9.80 Å². The van der Waals surface area contributed by atoms with Crippen LogP contribution in [0.5, 0.6) is 0 Å². The lowest BCUT2D eigenvalue weighted by atomic mass is 9.82. The normalized spacial score (nSPS) is 12.2. The van der Waals surface area contributed by atoms with E-state index >= 15 is 0 Å². The van der Waals surface area contributed by atoms with Crippen molar-refractivity contribution in [1.29, 1.82) is 0 Å². The molecule has 0 aliphatic heterocycles. The number of hydrogen-bond acceptors (Lipinski definition) is 6. The van der Waals surface area contributed by atoms with Gasteiger partial charge in [0.1, 0.15) is 0 Å². The Morgan fingerprint density at radius 1 is 0.391 bits per heavy atom. The molecule has 0 spiro atoms. The van der Waals surface area contributed by atoms with E-state index in [0.29, 0.717) is 15.0 Å². The van der Waals surface area contributed by atoms with Crippen LogP contribution in [0.4, 0.5) is 34.1 Å². The molecular weight excluding hydrogens is 786 g/mol. The number of aryl methyl sites for hydroxylation is 2. The smallest absolute Gasteiger partial charge is 0.309 e. The van der Waals surface area contributed by atoms with Gasteiger partial charge in [-0.3, -0.25) is 0 Å². The van der Waals surface area contributed by atoms with E-state index < -0.39 is 22.4 Å². The van der Waals surface area contributed by atoms with E-state index in [-0.39, 0.29) is 0 Å². The average Bonchev–Trinajstić information content (AvgIpc) is 3.28. The Hall–Kier alpha value is -5.11. The molecule has 0 saturated heterocycles. The van der Waals surface area contributed by atoms with Crippen molar-refractivity contribution in [3.8, 4) is 11.1 Å². The highest BCUT2D eigenvalue weighted by atomic mass is 16.5. The van der Waals surface area contributed by atoms with Crippen LogP contribution >= 0.6 is 0 Å². The van der Waals surface area contributed by atoms with Gasteiger partial charge in [0.25, 0.3) is 0 Å². The largest absolute Gasteiger partial charge is 0.427 e. The minimum atomic E-state index is -0.969. The predicted molar refractivity (Wildman–Crippen MR) is 275 cm³/mol. The molecule has 0 amide bonds. The first-order valence-electron chi connectivity index (χ1n) is 23.3. The van der Waals surface area contributed by atoms with Gasteiger partial charge in [-0.05, 0) is 176 Å². The molecule has 0 fully saturated rings. The summed E-state index contributed by atoms with van der Waals surface area (Å²) in [6, 6.07) is 52.6. The molecule has 2 N–H and O–H groups in total. The summed E-state index contributed by atoms with van der Waals surface area (Å²) in [5, 5.41) is 21.2. The van der Waals surface area contributed by atoms with Crippen molar-refractivity contribution >= 4 is 60.0 Å². The summed E-state index contributed by atoms with van der Waals surface area (Å²) >= 11 is 0. The van der Waals surface area contributed by atoms with Gasteiger partial charge in [-0.25, -0.2) is 0 Å². The van der Waals surface area contributed by atoms with Crippen LogP contribution in [0, 0.1) is 0 Å². The summed E-state index contributed by atoms with van der Waals surface area (Å²) in [5.41, 5.74) is 10.2. The number of benzene rings is 6. The molecule has 0 radical (unpaired) electrons. The Morgan fingerprint density at radius 3 is 0.891 bits per heavy atom. The zero-order valence-electron chi connectivity index (χ0n) is 40.1. The fourth-order valence-corrected chi connectivity index (χ4v) is 7.25. The third-order valence-corrected chi connectivity index (χ3v) is 13.1. The Morgan fingerprint density at radius 2 is 0.641 bits per heavy atom. The number of hydrogen-bond donors (Lipinski definition) is 2. The van der Waals surface area contributed by atoms with Crippen molar-refractivity contribution in [3.05, 3.63) is 157 Å². The first kappa shape index (κ1) is 48.3. The molecule has 0 aliphatic carbocycles. The maximum absolute atomic E-state index is 10.6. The molecule has 8 heteroatoms. The van der Waals surface area contributed by atoms with Crippen LogP contribution in [0.25, 0.3) is 11.1 Å². The monoisotopic (exact) mass is 857 g/mol. The molecule has 0 aromatic heterocycles. The number of nitrogens with zero attached hydrogens (tertiary/aromatic N) is 2. The third-order valence-electron chi connectivity index (χ3n) is 13.1. The summed E-state index contributed by atoms with van der Waals surface area (Å²) < 4.78 is 12.4. The van der Waals surface area contributed by atoms with Crippen molar-refractivity contribution in [2.45, 2.75) is 130 Å². The molecule has 64 heavy (non-hydrogen) atoms. The lowest BCUT2D eigenvalue weighted by Gasteiger charge is -2.37. The van der Waals surface area contributed by atoms with E-state index in [1.54, 1.807) is 27.7 Å². The Balaban J connectivity index is 1.26. The molecule has 0 saturated carbocycles. The van der Waals surface area contributed by atoms with Crippen LogP contribution in [-0.2, 0) is 22.2 Å². The number of rotatable bonds is 21. The van der Waals surface area contributed by atoms with E-state index in [4.69, 9.17) is 9.31 Å². The molecule has 334 valence electrons. The predicted octanol–water partition coefficient (Wildman–Crippen LogP) is 12.1. The molecule has 6 aromatic rings. The minimum Gasteiger partial charge on any atom is -0.427 e. The second-order valence-electron chi connectivity index (χ2n) is 19.4. The quantitative estimate of drug-likeness (QED) is 0.0703. The van der Waals surface area contributed by atoms with Gasteiger partial charge < -0.3 is 29.3 Å². The molecule has 6 rings (SSSR count). The molecule has 0 bridgehead atoms. The van der Waals surface area contributed by atoms with Crippen LogP contribution in [0.2, 0.25) is 0 Å². The van der Waals surface area contributed by atoms with Gasteiger partial charge in [-0.15, -0.1) is 0 Å². The van der Waals surface area contributed by atoms with Gasteiger partial charge in [-0.1, -0.05) is 110 Å². The van der Waals surface area contributed by atoms with Crippen LogP contribution in [0.15, 0.2) is 146 Å². The number of aliphatic hydroxyl groups is 2. The maximum atomic E-state index is 10.6. The summed E-state index contributed by atoms with van der Waals surface area (Å²) in [6.45, 7) is 19.3. The highest BCUT2D eigenvalue weighted by Crippen LogP contribution is 2.38. The first-order valence-corrected chi connectivity index (χ1v) is 23.3. The zero-order chi connectivity index (χ0) is 46.1. The van der Waals surface area contributed by atoms with E-state index in [2.05, 4.69) is 169 Å². The van der Waals surface area contributed by atoms with Crippen LogP contribution in [0.3, 0.4) is 0 Å². The van der Waals surface area contributed by atoms with Gasteiger partial charge in [-0.2, -0.15) is 0 Å². The van der Waals surface area contributed by atoms with Gasteiger partial charge >= 0.3 is 15.0 Å². The van der Waals surface area contributed by atoms with E-state index in [9.17, 15) is 10.2 Å². The second-order valence-corrected chi connectivity index (χ2v) is 19.4. The Labute approximate surface area is 385 Å². The second kappa shape index (κ2) is 20.8. The summed E-state index contributed by atoms with van der Waals surface area (Å²) in [6.07, 6.45) is 6.86. The van der Waals surface area contributed by atoms with Gasteiger partial charge in [0.05, 0.1) is 22.4 Å². The fourth-order valence-electron chi connectivity index (χ4n) is 7.25. The van der Waals surface area contributed by atoms with Crippen LogP contribution < -0.4 is 20.7 Å². The minimum absolute atomic E-state index is 0.408. The maximum Gasteiger partial charge on any atom is 0.309 e. The number of unbranched alkanes of at least 4 members (excludes halogenated alkanes) is 2. The van der Waals surface area contributed by atoms with Crippen LogP contribution in [0.1, 0.15) is 106 Å². The number of anilines is 6. The zero-order valence-corrected chi connectivity index (χ0v) is 40.1. The lowest BCUT2D eigenvalue weighted by Crippen LogP contribution is -2.49. The van der Waals surface area contributed by atoms with E-state index in [1.807, 2.05) is 27.7 Å². The van der Waals surface area contributed by atoms with Gasteiger partial charge in [0, 0.05) is 34.1 Å². The molecule has 6 aromatic carbocycles. The van der Waals surface area contributed by atoms with Gasteiger partial charge in [0.15, 0.2) is 0 Å². The van der Waals surface area contributed by atoms with Crippen molar-refractivity contribution in [1.82, 2.24) is 0 Å². The topological polar surface area (TPSA) is 65.4 Å². The summed E-state index contributed by atoms with van der Waals surface area (Å²) in [5.74, 6) is 0. The van der Waals surface area contributed by atoms with E-state index in [0.717, 1.165) is 69.0 Å². The van der Waals surface area contributed by atoms with Crippen molar-refractivity contribution in [2.24, 2.45) is 0 Å². The average molecular weight is 857 g/mol. The Kier molecular flexibility index (Phi) is 15.7. The molecule has 0 heterocycles. The molecule has 0 aliphatic rings. The van der Waals surface area contributed by atoms with Crippen molar-refractivity contribution < 1.29 is 19.5 Å². The highest BCUT2D eigenvalue weighted by Gasteiger charge is 2.36. The standard InChI is InChI=1S/C56H70B2N2O4/c1-11-13-15-41-17-29-47(30-18-41)59(51-37-25-45(26-38-51)57-63-55(7,8)53(3,4)61)49-33-21-43(22-34-49)44-23-35-50(36-24-44)60(48-31-19-42(20-32-48)16-14-12-2)52-39-27-46(28-40-52)58-64-56(9,10)54(5,6)62/h17-40,57-58,61-62H,11-16H2,1-10H3. The Bertz CT molecular complexity index is 2180. The molecule has 6 nitrogen and oxygen atoms in total. The van der Waals surface area contributed by atoms with Crippen LogP contribution in [-0.4, -0.2) is 47.6 Å². The van der Waals surface area contributed by atoms with E-state index in [1.165, 1.54) is 36.8 Å². The fraction of sp³-hybridized carbons (Fsp3) is 0.357. The highest BCUT2D eigenvalue weighted by molar-refractivity contribution is 6.47.